The molecule has 6 nitrogen and oxygen atoms in total. The molecule has 1 saturated heterocycles. The number of nitrogens with one attached hydrogen (secondary N) is 2. The molecule has 2 aromatic heterocycles. The van der Waals surface area contributed by atoms with Gasteiger partial charge in [0.05, 0.1) is 23.6 Å². The fourth-order valence-corrected chi connectivity index (χ4v) is 2.68. The minimum Gasteiger partial charge on any atom is -0.316 e. The van der Waals surface area contributed by atoms with Crippen LogP contribution in [-0.2, 0) is 12.0 Å². The van der Waals surface area contributed by atoms with Gasteiger partial charge in [0, 0.05) is 24.1 Å². The normalized spacial score (nSPS) is 19.9. The van der Waals surface area contributed by atoms with E-state index in [0.717, 1.165) is 30.2 Å². The van der Waals surface area contributed by atoms with Crippen molar-refractivity contribution in [1.82, 2.24) is 30.5 Å². The van der Waals surface area contributed by atoms with Crippen LogP contribution in [0.5, 0.6) is 0 Å². The number of hydrogen-bond acceptors (Lipinski definition) is 4. The molecule has 0 amide bonds. The van der Waals surface area contributed by atoms with Crippen LogP contribution in [0.1, 0.15) is 56.6 Å². The van der Waals surface area contributed by atoms with Crippen molar-refractivity contribution in [3.63, 3.8) is 0 Å². The van der Waals surface area contributed by atoms with E-state index < -0.39 is 0 Å². The van der Waals surface area contributed by atoms with Crippen molar-refractivity contribution in [3.05, 3.63) is 29.3 Å². The van der Waals surface area contributed by atoms with Gasteiger partial charge in [-0.05, 0) is 25.5 Å². The van der Waals surface area contributed by atoms with Gasteiger partial charge in [0.1, 0.15) is 0 Å². The standard InChI is InChI=1S/C15H24N6/c1-15(2,3)14-7-12(17-19-14)9-21-10-13(18-20-21)11-5-4-6-16-8-11/h7,10-11,16H,4-6,8-9H2,1-3H3,(H,17,19)/t11-/m0/s1. The van der Waals surface area contributed by atoms with E-state index >= 15 is 0 Å². The molecule has 114 valence electrons. The molecule has 2 N–H and O–H groups in total. The van der Waals surface area contributed by atoms with Crippen LogP contribution in [-0.4, -0.2) is 38.3 Å². The van der Waals surface area contributed by atoms with E-state index in [4.69, 9.17) is 0 Å². The molecule has 1 aliphatic heterocycles. The lowest BCUT2D eigenvalue weighted by Gasteiger charge is -2.20. The van der Waals surface area contributed by atoms with Crippen LogP contribution in [0.15, 0.2) is 12.3 Å². The second kappa shape index (κ2) is 5.60. The van der Waals surface area contributed by atoms with Crippen molar-refractivity contribution in [2.45, 2.75) is 51.5 Å². The Labute approximate surface area is 125 Å². The Kier molecular flexibility index (Phi) is 3.80. The van der Waals surface area contributed by atoms with Crippen LogP contribution in [0.2, 0.25) is 0 Å². The third-order valence-electron chi connectivity index (χ3n) is 4.00. The first-order valence-corrected chi connectivity index (χ1v) is 7.68. The van der Waals surface area contributed by atoms with E-state index in [-0.39, 0.29) is 5.41 Å². The zero-order valence-corrected chi connectivity index (χ0v) is 13.1. The Morgan fingerprint density at radius 2 is 2.24 bits per heavy atom. The van der Waals surface area contributed by atoms with Crippen LogP contribution in [0.25, 0.3) is 0 Å². The highest BCUT2D eigenvalue weighted by Gasteiger charge is 2.19. The highest BCUT2D eigenvalue weighted by Crippen LogP contribution is 2.22. The van der Waals surface area contributed by atoms with E-state index in [2.05, 4.69) is 58.9 Å². The van der Waals surface area contributed by atoms with Crippen LogP contribution in [0, 0.1) is 0 Å². The third-order valence-corrected chi connectivity index (χ3v) is 4.00. The molecule has 6 heteroatoms. The summed E-state index contributed by atoms with van der Waals surface area (Å²) in [6.07, 6.45) is 4.48. The van der Waals surface area contributed by atoms with Gasteiger partial charge in [-0.2, -0.15) is 5.10 Å². The highest BCUT2D eigenvalue weighted by molar-refractivity contribution is 5.16. The van der Waals surface area contributed by atoms with Gasteiger partial charge in [-0.25, -0.2) is 4.68 Å². The lowest BCUT2D eigenvalue weighted by atomic mass is 9.92. The summed E-state index contributed by atoms with van der Waals surface area (Å²) >= 11 is 0. The largest absolute Gasteiger partial charge is 0.316 e. The number of aromatic amines is 1. The predicted octanol–water partition coefficient (Wildman–Crippen LogP) is 1.81. The fourth-order valence-electron chi connectivity index (χ4n) is 2.68. The molecule has 21 heavy (non-hydrogen) atoms. The Bertz CT molecular complexity index is 585. The third kappa shape index (κ3) is 3.32. The Hall–Kier alpha value is -1.69. The van der Waals surface area contributed by atoms with Crippen LogP contribution in [0.3, 0.4) is 0 Å². The van der Waals surface area contributed by atoms with Gasteiger partial charge in [0.15, 0.2) is 0 Å². The molecular weight excluding hydrogens is 264 g/mol. The Morgan fingerprint density at radius 1 is 1.38 bits per heavy atom. The van der Waals surface area contributed by atoms with Crippen molar-refractivity contribution in [3.8, 4) is 0 Å². The predicted molar refractivity (Wildman–Crippen MR) is 81.3 cm³/mol. The zero-order chi connectivity index (χ0) is 14.9. The van der Waals surface area contributed by atoms with E-state index in [1.54, 1.807) is 0 Å². The summed E-state index contributed by atoms with van der Waals surface area (Å²) in [5.74, 6) is 0.499. The Balaban J connectivity index is 1.68. The first-order chi connectivity index (χ1) is 10.0. The van der Waals surface area contributed by atoms with Crippen LogP contribution >= 0.6 is 0 Å². The first kappa shape index (κ1) is 14.3. The molecule has 0 aromatic carbocycles. The number of piperidine rings is 1. The molecule has 0 aliphatic carbocycles. The monoisotopic (exact) mass is 288 g/mol. The molecule has 0 unspecified atom stereocenters. The number of H-pyrrole nitrogens is 1. The fraction of sp³-hybridized carbons (Fsp3) is 0.667. The molecule has 3 heterocycles. The quantitative estimate of drug-likeness (QED) is 0.903. The van der Waals surface area contributed by atoms with Crippen LogP contribution in [0.4, 0.5) is 0 Å². The lowest BCUT2D eigenvalue weighted by Crippen LogP contribution is -2.28. The van der Waals surface area contributed by atoms with Crippen molar-refractivity contribution < 1.29 is 0 Å². The average Bonchev–Trinajstić information content (AvgIpc) is 3.09. The van der Waals surface area contributed by atoms with Crippen molar-refractivity contribution >= 4 is 0 Å². The number of rotatable bonds is 3. The molecule has 1 atom stereocenters. The van der Waals surface area contributed by atoms with Crippen molar-refractivity contribution in [2.75, 3.05) is 13.1 Å². The van der Waals surface area contributed by atoms with Crippen LogP contribution < -0.4 is 5.32 Å². The molecule has 0 radical (unpaired) electrons. The maximum atomic E-state index is 4.38. The zero-order valence-electron chi connectivity index (χ0n) is 13.1. The molecule has 0 bridgehead atoms. The van der Waals surface area contributed by atoms with Gasteiger partial charge in [0.2, 0.25) is 0 Å². The van der Waals surface area contributed by atoms with Gasteiger partial charge in [-0.3, -0.25) is 5.10 Å². The molecule has 0 spiro atoms. The van der Waals surface area contributed by atoms with Gasteiger partial charge in [-0.1, -0.05) is 26.0 Å². The lowest BCUT2D eigenvalue weighted by molar-refractivity contribution is 0.454. The number of hydrogen-bond donors (Lipinski definition) is 2. The first-order valence-electron chi connectivity index (χ1n) is 7.68. The van der Waals surface area contributed by atoms with E-state index in [1.807, 2.05) is 4.68 Å². The summed E-state index contributed by atoms with van der Waals surface area (Å²) in [6, 6.07) is 2.11. The molecule has 1 fully saturated rings. The van der Waals surface area contributed by atoms with Crippen molar-refractivity contribution in [1.29, 1.82) is 0 Å². The number of nitrogens with zero attached hydrogens (tertiary/aromatic N) is 4. The maximum Gasteiger partial charge on any atom is 0.0870 e. The minimum absolute atomic E-state index is 0.0655. The SMILES string of the molecule is CC(C)(C)c1cc(Cn2cc([C@H]3CCCNC3)nn2)[nH]n1. The molecule has 3 rings (SSSR count). The van der Waals surface area contributed by atoms with Gasteiger partial charge < -0.3 is 5.32 Å². The summed E-state index contributed by atoms with van der Waals surface area (Å²) in [5.41, 5.74) is 3.31. The van der Waals surface area contributed by atoms with Gasteiger partial charge >= 0.3 is 0 Å². The minimum atomic E-state index is 0.0655. The summed E-state index contributed by atoms with van der Waals surface area (Å²) in [6.45, 7) is 9.31. The van der Waals surface area contributed by atoms with E-state index in [0.29, 0.717) is 12.5 Å². The second-order valence-corrected chi connectivity index (χ2v) is 6.91. The van der Waals surface area contributed by atoms with Crippen molar-refractivity contribution in [2.24, 2.45) is 0 Å². The smallest absolute Gasteiger partial charge is 0.0870 e. The highest BCUT2D eigenvalue weighted by atomic mass is 15.4. The molecule has 1 aliphatic rings. The topological polar surface area (TPSA) is 71.4 Å². The second-order valence-electron chi connectivity index (χ2n) is 6.91. The summed E-state index contributed by atoms with van der Waals surface area (Å²) in [7, 11) is 0. The summed E-state index contributed by atoms with van der Waals surface area (Å²) in [4.78, 5) is 0. The summed E-state index contributed by atoms with van der Waals surface area (Å²) < 4.78 is 1.89. The summed E-state index contributed by atoms with van der Waals surface area (Å²) in [5, 5.41) is 19.5. The maximum absolute atomic E-state index is 4.38. The van der Waals surface area contributed by atoms with Gasteiger partial charge in [-0.15, -0.1) is 5.10 Å². The van der Waals surface area contributed by atoms with E-state index in [9.17, 15) is 0 Å². The molecule has 2 aromatic rings. The number of aromatic nitrogens is 5. The average molecular weight is 288 g/mol. The molecular formula is C15H24N6. The molecule has 0 saturated carbocycles. The van der Waals surface area contributed by atoms with E-state index in [1.165, 1.54) is 12.8 Å². The Morgan fingerprint density at radius 3 is 2.90 bits per heavy atom. The van der Waals surface area contributed by atoms with Gasteiger partial charge in [0.25, 0.3) is 0 Å².